The van der Waals surface area contributed by atoms with E-state index in [0.29, 0.717) is 18.3 Å². The van der Waals surface area contributed by atoms with E-state index in [-0.39, 0.29) is 18.7 Å². The average molecular weight is 303 g/mol. The van der Waals surface area contributed by atoms with Crippen LogP contribution in [0.2, 0.25) is 0 Å². The highest BCUT2D eigenvalue weighted by molar-refractivity contribution is 5.40. The van der Waals surface area contributed by atoms with E-state index < -0.39 is 17.6 Å². The number of nitrogens with one attached hydrogen (secondary N) is 1. The lowest BCUT2D eigenvalue weighted by Crippen LogP contribution is -2.08. The van der Waals surface area contributed by atoms with Gasteiger partial charge in [-0.2, -0.15) is 18.3 Å². The van der Waals surface area contributed by atoms with Crippen molar-refractivity contribution in [3.63, 3.8) is 0 Å². The van der Waals surface area contributed by atoms with E-state index in [9.17, 15) is 17.6 Å². The number of aliphatic hydroxyl groups excluding tert-OH is 1. The molecule has 0 spiro atoms. The molecule has 1 aromatic carbocycles. The summed E-state index contributed by atoms with van der Waals surface area (Å²) in [7, 11) is 0. The maximum atomic E-state index is 13.5. The Balaban J connectivity index is 2.08. The summed E-state index contributed by atoms with van der Waals surface area (Å²) in [5, 5.41) is 15.4. The Bertz CT molecular complexity index is 610. The summed E-state index contributed by atoms with van der Waals surface area (Å²) in [6.07, 6.45) is -1.49. The van der Waals surface area contributed by atoms with Crippen molar-refractivity contribution in [2.24, 2.45) is 0 Å². The van der Waals surface area contributed by atoms with Gasteiger partial charge in [-0.05, 0) is 18.2 Å². The van der Waals surface area contributed by atoms with Gasteiger partial charge in [-0.25, -0.2) is 4.39 Å². The highest BCUT2D eigenvalue weighted by Gasteiger charge is 2.31. The number of benzene rings is 1. The SMILES string of the molecule is OCCn1cc(NCc2cc(C(F)(F)F)ccc2F)cn1. The van der Waals surface area contributed by atoms with Gasteiger partial charge >= 0.3 is 6.18 Å². The van der Waals surface area contributed by atoms with Crippen LogP contribution in [0.4, 0.5) is 23.2 Å². The molecule has 2 rings (SSSR count). The summed E-state index contributed by atoms with van der Waals surface area (Å²) < 4.78 is 52.7. The molecule has 0 radical (unpaired) electrons. The number of alkyl halides is 3. The third-order valence-corrected chi connectivity index (χ3v) is 2.82. The minimum Gasteiger partial charge on any atom is -0.394 e. The molecule has 0 atom stereocenters. The van der Waals surface area contributed by atoms with Crippen molar-refractivity contribution >= 4 is 5.69 Å². The van der Waals surface area contributed by atoms with Crippen LogP contribution in [0.25, 0.3) is 0 Å². The zero-order valence-corrected chi connectivity index (χ0v) is 10.9. The Morgan fingerprint density at radius 1 is 1.29 bits per heavy atom. The summed E-state index contributed by atoms with van der Waals surface area (Å²) in [6, 6.07) is 2.29. The Hall–Kier alpha value is -2.09. The summed E-state index contributed by atoms with van der Waals surface area (Å²) in [4.78, 5) is 0. The number of hydrogen-bond donors (Lipinski definition) is 2. The molecular formula is C13H13F4N3O. The van der Waals surface area contributed by atoms with Crippen molar-refractivity contribution in [1.29, 1.82) is 0 Å². The zero-order chi connectivity index (χ0) is 15.5. The first kappa shape index (κ1) is 15.3. The van der Waals surface area contributed by atoms with Crippen LogP contribution in [0.3, 0.4) is 0 Å². The number of aliphatic hydroxyl groups is 1. The third kappa shape index (κ3) is 3.94. The maximum Gasteiger partial charge on any atom is 0.416 e. The molecule has 8 heteroatoms. The van der Waals surface area contributed by atoms with Crippen molar-refractivity contribution < 1.29 is 22.7 Å². The summed E-state index contributed by atoms with van der Waals surface area (Å²) in [6.45, 7) is 0.129. The van der Waals surface area contributed by atoms with Crippen LogP contribution < -0.4 is 5.32 Å². The second-order valence-electron chi connectivity index (χ2n) is 4.37. The number of halogens is 4. The Morgan fingerprint density at radius 3 is 2.71 bits per heavy atom. The quantitative estimate of drug-likeness (QED) is 0.835. The van der Waals surface area contributed by atoms with Crippen LogP contribution in [-0.2, 0) is 19.3 Å². The lowest BCUT2D eigenvalue weighted by molar-refractivity contribution is -0.137. The van der Waals surface area contributed by atoms with E-state index in [1.807, 2.05) is 0 Å². The summed E-state index contributed by atoms with van der Waals surface area (Å²) >= 11 is 0. The molecule has 0 aliphatic carbocycles. The molecule has 0 aliphatic rings. The molecule has 21 heavy (non-hydrogen) atoms. The number of anilines is 1. The first-order valence-electron chi connectivity index (χ1n) is 6.13. The van der Waals surface area contributed by atoms with Crippen molar-refractivity contribution in [1.82, 2.24) is 9.78 Å². The topological polar surface area (TPSA) is 50.1 Å². The van der Waals surface area contributed by atoms with Crippen molar-refractivity contribution in [3.05, 3.63) is 47.5 Å². The fraction of sp³-hybridized carbons (Fsp3) is 0.308. The Morgan fingerprint density at radius 2 is 2.05 bits per heavy atom. The van der Waals surface area contributed by atoms with Gasteiger partial charge in [0.25, 0.3) is 0 Å². The molecule has 2 aromatic rings. The average Bonchev–Trinajstić information content (AvgIpc) is 2.84. The molecule has 0 saturated heterocycles. The molecule has 1 heterocycles. The molecule has 0 unspecified atom stereocenters. The number of aromatic nitrogens is 2. The van der Waals surface area contributed by atoms with E-state index in [2.05, 4.69) is 10.4 Å². The van der Waals surface area contributed by atoms with Gasteiger partial charge in [-0.15, -0.1) is 0 Å². The Labute approximate surface area is 118 Å². The van der Waals surface area contributed by atoms with Crippen LogP contribution in [0.1, 0.15) is 11.1 Å². The minimum absolute atomic E-state index is 0.0800. The normalized spacial score (nSPS) is 11.7. The van der Waals surface area contributed by atoms with E-state index in [1.165, 1.54) is 10.9 Å². The van der Waals surface area contributed by atoms with Gasteiger partial charge in [0.1, 0.15) is 5.82 Å². The molecular weight excluding hydrogens is 290 g/mol. The van der Waals surface area contributed by atoms with E-state index in [4.69, 9.17) is 5.11 Å². The van der Waals surface area contributed by atoms with Crippen LogP contribution in [0, 0.1) is 5.82 Å². The molecule has 0 aliphatic heterocycles. The van der Waals surface area contributed by atoms with E-state index >= 15 is 0 Å². The van der Waals surface area contributed by atoms with Gasteiger partial charge in [0.2, 0.25) is 0 Å². The molecule has 0 bridgehead atoms. The molecule has 1 aromatic heterocycles. The van der Waals surface area contributed by atoms with Gasteiger partial charge in [0, 0.05) is 18.3 Å². The van der Waals surface area contributed by atoms with E-state index in [0.717, 1.165) is 12.1 Å². The first-order chi connectivity index (χ1) is 9.90. The predicted octanol–water partition coefficient (Wildman–Crippen LogP) is 2.65. The smallest absolute Gasteiger partial charge is 0.394 e. The monoisotopic (exact) mass is 303 g/mol. The molecule has 2 N–H and O–H groups in total. The molecule has 4 nitrogen and oxygen atoms in total. The maximum absolute atomic E-state index is 13.5. The standard InChI is InChI=1S/C13H13F4N3O/c14-12-2-1-10(13(15,16)17)5-9(12)6-18-11-7-19-20(8-11)3-4-21/h1-2,5,7-8,18,21H,3-4,6H2. The number of nitrogens with zero attached hydrogens (tertiary/aromatic N) is 2. The van der Waals surface area contributed by atoms with Crippen molar-refractivity contribution in [3.8, 4) is 0 Å². The highest BCUT2D eigenvalue weighted by Crippen LogP contribution is 2.30. The lowest BCUT2D eigenvalue weighted by Gasteiger charge is -2.10. The Kier molecular flexibility index (Phi) is 4.46. The zero-order valence-electron chi connectivity index (χ0n) is 10.9. The van der Waals surface area contributed by atoms with Gasteiger partial charge in [-0.3, -0.25) is 4.68 Å². The summed E-state index contributed by atoms with van der Waals surface area (Å²) in [5.74, 6) is -0.710. The van der Waals surface area contributed by atoms with Gasteiger partial charge in [0.05, 0.1) is 30.6 Å². The number of rotatable bonds is 5. The van der Waals surface area contributed by atoms with E-state index in [1.54, 1.807) is 6.20 Å². The second kappa shape index (κ2) is 6.13. The second-order valence-corrected chi connectivity index (χ2v) is 4.37. The fourth-order valence-corrected chi connectivity index (χ4v) is 1.76. The first-order valence-corrected chi connectivity index (χ1v) is 6.13. The van der Waals surface area contributed by atoms with Gasteiger partial charge in [-0.1, -0.05) is 0 Å². The molecule has 0 amide bonds. The van der Waals surface area contributed by atoms with Crippen LogP contribution in [0.5, 0.6) is 0 Å². The largest absolute Gasteiger partial charge is 0.416 e. The number of hydrogen-bond acceptors (Lipinski definition) is 3. The summed E-state index contributed by atoms with van der Waals surface area (Å²) in [5.41, 5.74) is -0.448. The molecule has 0 saturated carbocycles. The third-order valence-electron chi connectivity index (χ3n) is 2.82. The van der Waals surface area contributed by atoms with Crippen LogP contribution >= 0.6 is 0 Å². The van der Waals surface area contributed by atoms with Crippen LogP contribution in [0.15, 0.2) is 30.6 Å². The van der Waals surface area contributed by atoms with Gasteiger partial charge < -0.3 is 10.4 Å². The van der Waals surface area contributed by atoms with Gasteiger partial charge in [0.15, 0.2) is 0 Å². The molecule has 114 valence electrons. The van der Waals surface area contributed by atoms with Crippen molar-refractivity contribution in [2.45, 2.75) is 19.3 Å². The van der Waals surface area contributed by atoms with Crippen molar-refractivity contribution in [2.75, 3.05) is 11.9 Å². The fourth-order valence-electron chi connectivity index (χ4n) is 1.76. The lowest BCUT2D eigenvalue weighted by atomic mass is 10.1. The minimum atomic E-state index is -4.51. The molecule has 0 fully saturated rings. The predicted molar refractivity (Wildman–Crippen MR) is 68.0 cm³/mol. The van der Waals surface area contributed by atoms with Crippen LogP contribution in [-0.4, -0.2) is 21.5 Å². The highest BCUT2D eigenvalue weighted by atomic mass is 19.4.